The van der Waals surface area contributed by atoms with Crippen LogP contribution in [0.2, 0.25) is 5.02 Å². The normalized spacial score (nSPS) is 10.9. The number of hydrogen-bond acceptors (Lipinski definition) is 5. The molecule has 0 bridgehead atoms. The molecule has 180 valence electrons. The molecule has 2 N–H and O–H groups in total. The van der Waals surface area contributed by atoms with Crippen LogP contribution < -0.4 is 15.4 Å². The Morgan fingerprint density at radius 2 is 2.00 bits per heavy atom. The van der Waals surface area contributed by atoms with Crippen molar-refractivity contribution < 1.29 is 18.7 Å². The molecule has 0 unspecified atom stereocenters. The number of aromatic nitrogens is 3. The largest absolute Gasteiger partial charge is 0.455 e. The number of nitrogens with zero attached hydrogens (tertiary/aromatic N) is 3. The highest BCUT2D eigenvalue weighted by molar-refractivity contribution is 6.32. The van der Waals surface area contributed by atoms with Gasteiger partial charge in [0.25, 0.3) is 5.91 Å². The highest BCUT2D eigenvalue weighted by Crippen LogP contribution is 2.35. The van der Waals surface area contributed by atoms with Crippen molar-refractivity contribution in [2.45, 2.75) is 26.3 Å². The van der Waals surface area contributed by atoms with Gasteiger partial charge < -0.3 is 15.4 Å². The van der Waals surface area contributed by atoms with Gasteiger partial charge in [-0.05, 0) is 42.3 Å². The minimum absolute atomic E-state index is 0.0759. The monoisotopic (exact) mass is 495 g/mol. The Bertz CT molecular complexity index is 1410. The zero-order valence-electron chi connectivity index (χ0n) is 19.1. The van der Waals surface area contributed by atoms with Crippen molar-refractivity contribution in [3.63, 3.8) is 0 Å². The zero-order chi connectivity index (χ0) is 24.9. The van der Waals surface area contributed by atoms with Crippen LogP contribution in [-0.4, -0.2) is 33.6 Å². The van der Waals surface area contributed by atoms with Crippen LogP contribution in [0.5, 0.6) is 11.5 Å². The zero-order valence-corrected chi connectivity index (χ0v) is 19.9. The number of amides is 2. The second-order valence-electron chi connectivity index (χ2n) is 7.81. The van der Waals surface area contributed by atoms with Crippen LogP contribution in [0, 0.1) is 5.82 Å². The summed E-state index contributed by atoms with van der Waals surface area (Å²) in [7, 11) is 1.54. The Labute approximate surface area is 206 Å². The number of ether oxygens (including phenoxy) is 1. The van der Waals surface area contributed by atoms with Crippen LogP contribution in [0.3, 0.4) is 0 Å². The summed E-state index contributed by atoms with van der Waals surface area (Å²) in [4.78, 5) is 28.7. The quantitative estimate of drug-likeness (QED) is 0.360. The summed E-state index contributed by atoms with van der Waals surface area (Å²) in [5.74, 6) is -0.855. The van der Waals surface area contributed by atoms with Gasteiger partial charge in [0.2, 0.25) is 5.91 Å². The Balaban J connectivity index is 1.53. The molecule has 2 heterocycles. The first-order valence-electron chi connectivity index (χ1n) is 11.0. The summed E-state index contributed by atoms with van der Waals surface area (Å²) < 4.78 is 22.5. The van der Waals surface area contributed by atoms with Crippen LogP contribution in [0.1, 0.15) is 29.3 Å². The minimum Gasteiger partial charge on any atom is -0.455 e. The number of benzene rings is 2. The third-order valence-corrected chi connectivity index (χ3v) is 5.53. The molecule has 2 aromatic heterocycles. The molecule has 0 aliphatic carbocycles. The van der Waals surface area contributed by atoms with Gasteiger partial charge in [0, 0.05) is 43.0 Å². The number of carbonyl (C=O) groups is 2. The van der Waals surface area contributed by atoms with Crippen molar-refractivity contribution in [3.05, 3.63) is 77.0 Å². The second-order valence-corrected chi connectivity index (χ2v) is 8.22. The summed E-state index contributed by atoms with van der Waals surface area (Å²) in [5.41, 5.74) is 1.69. The van der Waals surface area contributed by atoms with E-state index in [1.807, 2.05) is 6.92 Å². The molecule has 4 aromatic rings. The van der Waals surface area contributed by atoms with E-state index in [-0.39, 0.29) is 28.7 Å². The molecule has 2 aromatic carbocycles. The van der Waals surface area contributed by atoms with E-state index in [4.69, 9.17) is 16.3 Å². The molecule has 8 nitrogen and oxygen atoms in total. The number of fused-ring (bicyclic) bond motifs is 1. The first kappa shape index (κ1) is 24.2. The summed E-state index contributed by atoms with van der Waals surface area (Å²) >= 11 is 6.37. The van der Waals surface area contributed by atoms with Crippen LogP contribution in [-0.2, 0) is 17.8 Å². The molecule has 2 amide bonds. The molecule has 0 saturated heterocycles. The number of anilines is 1. The number of hydrogen-bond donors (Lipinski definition) is 2. The maximum Gasteiger partial charge on any atom is 0.251 e. The Kier molecular flexibility index (Phi) is 7.26. The van der Waals surface area contributed by atoms with Crippen molar-refractivity contribution >= 4 is 40.0 Å². The number of pyridine rings is 1. The lowest BCUT2D eigenvalue weighted by molar-refractivity contribution is -0.115. The first-order chi connectivity index (χ1) is 16.9. The molecule has 35 heavy (non-hydrogen) atoms. The van der Waals surface area contributed by atoms with Gasteiger partial charge in [-0.15, -0.1) is 0 Å². The van der Waals surface area contributed by atoms with E-state index in [0.29, 0.717) is 27.9 Å². The van der Waals surface area contributed by atoms with Crippen LogP contribution >= 0.6 is 11.6 Å². The highest BCUT2D eigenvalue weighted by Gasteiger charge is 2.16. The number of aryl methyl sites for hydroxylation is 1. The Morgan fingerprint density at radius 1 is 1.17 bits per heavy atom. The molecule has 0 aliphatic heterocycles. The van der Waals surface area contributed by atoms with Gasteiger partial charge in [0.1, 0.15) is 17.3 Å². The third-order valence-electron chi connectivity index (χ3n) is 5.23. The molecule has 0 spiro atoms. The van der Waals surface area contributed by atoms with E-state index < -0.39 is 11.7 Å². The van der Waals surface area contributed by atoms with Gasteiger partial charge in [-0.3, -0.25) is 19.3 Å². The van der Waals surface area contributed by atoms with Crippen molar-refractivity contribution in [1.29, 1.82) is 0 Å². The van der Waals surface area contributed by atoms with Gasteiger partial charge in [-0.25, -0.2) is 4.39 Å². The van der Waals surface area contributed by atoms with Gasteiger partial charge in [0.05, 0.1) is 28.8 Å². The molecule has 0 radical (unpaired) electrons. The molecule has 4 rings (SSSR count). The van der Waals surface area contributed by atoms with Crippen molar-refractivity contribution in [1.82, 2.24) is 20.1 Å². The summed E-state index contributed by atoms with van der Waals surface area (Å²) in [6.07, 6.45) is 5.51. The molecule has 0 fully saturated rings. The predicted molar refractivity (Wildman–Crippen MR) is 131 cm³/mol. The maximum atomic E-state index is 14.9. The lowest BCUT2D eigenvalue weighted by atomic mass is 10.1. The lowest BCUT2D eigenvalue weighted by Gasteiger charge is -2.13. The fourth-order valence-electron chi connectivity index (χ4n) is 3.56. The molecular formula is C25H23ClFN5O3. The summed E-state index contributed by atoms with van der Waals surface area (Å²) in [5, 5.41) is 10.1. The molecule has 0 saturated carbocycles. The molecule has 0 atom stereocenters. The Morgan fingerprint density at radius 3 is 2.77 bits per heavy atom. The van der Waals surface area contributed by atoms with Gasteiger partial charge >= 0.3 is 0 Å². The fourth-order valence-corrected chi connectivity index (χ4v) is 3.78. The smallest absolute Gasteiger partial charge is 0.251 e. The standard InChI is InChI=1S/C25H23ClFN5O3/c1-3-8-32-14-17(13-30-32)31-24(33)11-16-10-19(26)23(12-20(16)27)35-22-6-7-29-21-5-4-15(9-18(21)22)25(34)28-2/h4-7,9-10,12-14H,3,8,11H2,1-2H3,(H,28,34)(H,31,33). The summed E-state index contributed by atoms with van der Waals surface area (Å²) in [6, 6.07) is 9.10. The number of nitrogens with one attached hydrogen (secondary N) is 2. The van der Waals surface area contributed by atoms with Crippen molar-refractivity contribution in [3.8, 4) is 11.5 Å². The molecule has 0 aliphatic rings. The topological polar surface area (TPSA) is 98.1 Å². The second kappa shape index (κ2) is 10.5. The SMILES string of the molecule is CCCn1cc(NC(=O)Cc2cc(Cl)c(Oc3ccnc4ccc(C(=O)NC)cc34)cc2F)cn1. The van der Waals surface area contributed by atoms with E-state index in [0.717, 1.165) is 19.0 Å². The van der Waals surface area contributed by atoms with E-state index in [9.17, 15) is 14.0 Å². The maximum absolute atomic E-state index is 14.9. The van der Waals surface area contributed by atoms with E-state index in [2.05, 4.69) is 20.7 Å². The average Bonchev–Trinajstić information content (AvgIpc) is 3.28. The van der Waals surface area contributed by atoms with Crippen molar-refractivity contribution in [2.24, 2.45) is 0 Å². The summed E-state index contributed by atoms with van der Waals surface area (Å²) in [6.45, 7) is 2.76. The van der Waals surface area contributed by atoms with E-state index in [1.54, 1.807) is 47.5 Å². The average molecular weight is 496 g/mol. The predicted octanol–water partition coefficient (Wildman–Crippen LogP) is 4.97. The van der Waals surface area contributed by atoms with Gasteiger partial charge in [-0.1, -0.05) is 18.5 Å². The van der Waals surface area contributed by atoms with Crippen LogP contribution in [0.4, 0.5) is 10.1 Å². The number of carbonyl (C=O) groups excluding carboxylic acids is 2. The Hall–Kier alpha value is -3.98. The third kappa shape index (κ3) is 5.58. The fraction of sp³-hybridized carbons (Fsp3) is 0.200. The van der Waals surface area contributed by atoms with Gasteiger partial charge in [-0.2, -0.15) is 5.10 Å². The van der Waals surface area contributed by atoms with E-state index in [1.165, 1.54) is 13.1 Å². The van der Waals surface area contributed by atoms with Crippen LogP contribution in [0.25, 0.3) is 10.9 Å². The van der Waals surface area contributed by atoms with E-state index >= 15 is 0 Å². The highest BCUT2D eigenvalue weighted by atomic mass is 35.5. The molecule has 10 heteroatoms. The van der Waals surface area contributed by atoms with Crippen molar-refractivity contribution in [2.75, 3.05) is 12.4 Å². The first-order valence-corrected chi connectivity index (χ1v) is 11.3. The number of rotatable bonds is 8. The number of halogens is 2. The molecular weight excluding hydrogens is 473 g/mol. The minimum atomic E-state index is -0.634. The lowest BCUT2D eigenvalue weighted by Crippen LogP contribution is -2.17. The van der Waals surface area contributed by atoms with Crippen LogP contribution in [0.15, 0.2) is 55.0 Å². The van der Waals surface area contributed by atoms with Gasteiger partial charge in [0.15, 0.2) is 0 Å².